The number of hydrogen-bond acceptors (Lipinski definition) is 6. The molecule has 7 heteroatoms. The first-order valence-corrected chi connectivity index (χ1v) is 9.15. The van der Waals surface area contributed by atoms with Crippen LogP contribution in [-0.4, -0.2) is 30.1 Å². The molecule has 1 heterocycles. The largest absolute Gasteiger partial charge is 0.493 e. The first-order valence-electron chi connectivity index (χ1n) is 9.15. The highest BCUT2D eigenvalue weighted by Gasteiger charge is 2.10. The van der Waals surface area contributed by atoms with Gasteiger partial charge in [-0.25, -0.2) is 9.97 Å². The first-order chi connectivity index (χ1) is 14.0. The summed E-state index contributed by atoms with van der Waals surface area (Å²) in [6, 6.07) is 13.1. The fraction of sp³-hybridized carbons (Fsp3) is 0.227. The Labute approximate surface area is 170 Å². The average molecular weight is 392 g/mol. The molecule has 29 heavy (non-hydrogen) atoms. The summed E-state index contributed by atoms with van der Waals surface area (Å²) in [6.07, 6.45) is 1.37. The summed E-state index contributed by atoms with van der Waals surface area (Å²) in [5.41, 5.74) is 4.29. The number of anilines is 2. The Morgan fingerprint density at radius 1 is 0.931 bits per heavy atom. The summed E-state index contributed by atoms with van der Waals surface area (Å²) in [5.74, 6) is 1.59. The van der Waals surface area contributed by atoms with Crippen molar-refractivity contribution in [2.24, 2.45) is 0 Å². The number of carbonyl (C=O) groups excluding carboxylic acids is 1. The Hall–Kier alpha value is -3.61. The lowest BCUT2D eigenvalue weighted by molar-refractivity contribution is 0.102. The predicted octanol–water partition coefficient (Wildman–Crippen LogP) is 3.98. The number of amides is 1. The van der Waals surface area contributed by atoms with Crippen LogP contribution in [0.15, 0.2) is 48.8 Å². The van der Waals surface area contributed by atoms with Gasteiger partial charge in [-0.3, -0.25) is 4.79 Å². The van der Waals surface area contributed by atoms with Crippen LogP contribution in [0.1, 0.15) is 27.2 Å². The van der Waals surface area contributed by atoms with E-state index in [9.17, 15) is 4.79 Å². The third kappa shape index (κ3) is 5.01. The van der Waals surface area contributed by atoms with E-state index in [1.807, 2.05) is 50.2 Å². The first kappa shape index (κ1) is 20.1. The van der Waals surface area contributed by atoms with Gasteiger partial charge < -0.3 is 20.1 Å². The SMILES string of the molecule is COc1ccc(CNc2cc(C(=O)Nc3ccc(C)c(C)c3)ncn2)cc1OC. The molecule has 0 fully saturated rings. The van der Waals surface area contributed by atoms with Gasteiger partial charge in [-0.2, -0.15) is 0 Å². The maximum Gasteiger partial charge on any atom is 0.274 e. The number of ether oxygens (including phenoxy) is 2. The minimum atomic E-state index is -0.287. The predicted molar refractivity (Wildman–Crippen MR) is 113 cm³/mol. The van der Waals surface area contributed by atoms with Crippen molar-refractivity contribution in [2.45, 2.75) is 20.4 Å². The van der Waals surface area contributed by atoms with Crippen LogP contribution in [0.25, 0.3) is 0 Å². The van der Waals surface area contributed by atoms with Gasteiger partial charge in [0.25, 0.3) is 5.91 Å². The number of nitrogens with zero attached hydrogens (tertiary/aromatic N) is 2. The van der Waals surface area contributed by atoms with E-state index >= 15 is 0 Å². The third-order valence-corrected chi connectivity index (χ3v) is 4.59. The molecule has 0 saturated carbocycles. The lowest BCUT2D eigenvalue weighted by Crippen LogP contribution is -2.15. The highest BCUT2D eigenvalue weighted by molar-refractivity contribution is 6.03. The smallest absolute Gasteiger partial charge is 0.274 e. The van der Waals surface area contributed by atoms with Crippen LogP contribution in [0.5, 0.6) is 11.5 Å². The molecule has 3 rings (SSSR count). The Kier molecular flexibility index (Phi) is 6.29. The van der Waals surface area contributed by atoms with Crippen molar-refractivity contribution in [1.82, 2.24) is 9.97 Å². The molecule has 0 spiro atoms. The summed E-state index contributed by atoms with van der Waals surface area (Å²) in [5, 5.41) is 6.07. The monoisotopic (exact) mass is 392 g/mol. The van der Waals surface area contributed by atoms with Crippen LogP contribution in [0.3, 0.4) is 0 Å². The number of aromatic nitrogens is 2. The normalized spacial score (nSPS) is 10.3. The number of hydrogen-bond donors (Lipinski definition) is 2. The number of methoxy groups -OCH3 is 2. The van der Waals surface area contributed by atoms with E-state index in [0.717, 1.165) is 16.8 Å². The quantitative estimate of drug-likeness (QED) is 0.633. The van der Waals surface area contributed by atoms with Crippen LogP contribution >= 0.6 is 0 Å². The molecule has 150 valence electrons. The zero-order valence-electron chi connectivity index (χ0n) is 16.9. The van der Waals surface area contributed by atoms with Crippen LogP contribution in [0.4, 0.5) is 11.5 Å². The van der Waals surface area contributed by atoms with Crippen LogP contribution in [0, 0.1) is 13.8 Å². The van der Waals surface area contributed by atoms with Crippen molar-refractivity contribution in [3.05, 3.63) is 71.2 Å². The Morgan fingerprint density at radius 2 is 1.72 bits per heavy atom. The van der Waals surface area contributed by atoms with Crippen LogP contribution < -0.4 is 20.1 Å². The van der Waals surface area contributed by atoms with Gasteiger partial charge in [-0.05, 0) is 54.8 Å². The number of benzene rings is 2. The molecular weight excluding hydrogens is 368 g/mol. The van der Waals surface area contributed by atoms with Gasteiger partial charge >= 0.3 is 0 Å². The molecule has 0 unspecified atom stereocenters. The van der Waals surface area contributed by atoms with Crippen molar-refractivity contribution in [1.29, 1.82) is 0 Å². The van der Waals surface area contributed by atoms with Crippen molar-refractivity contribution < 1.29 is 14.3 Å². The van der Waals surface area contributed by atoms with Crippen molar-refractivity contribution >= 4 is 17.4 Å². The van der Waals surface area contributed by atoms with Gasteiger partial charge in [0.1, 0.15) is 17.8 Å². The topological polar surface area (TPSA) is 85.4 Å². The molecule has 0 aliphatic rings. The second-order valence-corrected chi connectivity index (χ2v) is 6.58. The molecule has 2 aromatic carbocycles. The maximum absolute atomic E-state index is 12.5. The number of aryl methyl sites for hydroxylation is 2. The van der Waals surface area contributed by atoms with E-state index in [2.05, 4.69) is 20.6 Å². The summed E-state index contributed by atoms with van der Waals surface area (Å²) in [7, 11) is 3.20. The van der Waals surface area contributed by atoms with E-state index < -0.39 is 0 Å². The molecular formula is C22H24N4O3. The van der Waals surface area contributed by atoms with Gasteiger partial charge in [0, 0.05) is 18.3 Å². The molecule has 3 aromatic rings. The summed E-state index contributed by atoms with van der Waals surface area (Å²) < 4.78 is 10.6. The van der Waals surface area contributed by atoms with E-state index in [4.69, 9.17) is 9.47 Å². The molecule has 1 aromatic heterocycles. The molecule has 1 amide bonds. The van der Waals surface area contributed by atoms with E-state index in [0.29, 0.717) is 23.9 Å². The summed E-state index contributed by atoms with van der Waals surface area (Å²) in [6.45, 7) is 4.54. The second-order valence-electron chi connectivity index (χ2n) is 6.58. The zero-order valence-corrected chi connectivity index (χ0v) is 16.9. The number of rotatable bonds is 7. The van der Waals surface area contributed by atoms with Crippen molar-refractivity contribution in [3.8, 4) is 11.5 Å². The average Bonchev–Trinajstić information content (AvgIpc) is 2.74. The molecule has 0 bridgehead atoms. The minimum absolute atomic E-state index is 0.285. The molecule has 7 nitrogen and oxygen atoms in total. The highest BCUT2D eigenvalue weighted by Crippen LogP contribution is 2.27. The number of nitrogens with one attached hydrogen (secondary N) is 2. The molecule has 0 aliphatic heterocycles. The second kappa shape index (κ2) is 9.05. The Bertz CT molecular complexity index is 1020. The van der Waals surface area contributed by atoms with Crippen LogP contribution in [-0.2, 0) is 6.54 Å². The Morgan fingerprint density at radius 3 is 2.45 bits per heavy atom. The van der Waals surface area contributed by atoms with Gasteiger partial charge in [0.15, 0.2) is 11.5 Å². The standard InChI is InChI=1S/C22H24N4O3/c1-14-5-7-17(9-15(14)2)26-22(27)18-11-21(25-13-24-18)23-12-16-6-8-19(28-3)20(10-16)29-4/h5-11,13H,12H2,1-4H3,(H,26,27)(H,23,24,25). The van der Waals surface area contributed by atoms with Crippen LogP contribution in [0.2, 0.25) is 0 Å². The molecule has 0 saturated heterocycles. The minimum Gasteiger partial charge on any atom is -0.493 e. The van der Waals surface area contributed by atoms with Crippen molar-refractivity contribution in [3.63, 3.8) is 0 Å². The van der Waals surface area contributed by atoms with Gasteiger partial charge in [-0.1, -0.05) is 12.1 Å². The third-order valence-electron chi connectivity index (χ3n) is 4.59. The molecule has 0 radical (unpaired) electrons. The summed E-state index contributed by atoms with van der Waals surface area (Å²) in [4.78, 5) is 20.8. The summed E-state index contributed by atoms with van der Waals surface area (Å²) >= 11 is 0. The fourth-order valence-corrected chi connectivity index (χ4v) is 2.78. The lowest BCUT2D eigenvalue weighted by atomic mass is 10.1. The fourth-order valence-electron chi connectivity index (χ4n) is 2.78. The van der Waals surface area contributed by atoms with E-state index in [1.54, 1.807) is 20.3 Å². The van der Waals surface area contributed by atoms with Crippen molar-refractivity contribution in [2.75, 3.05) is 24.9 Å². The van der Waals surface area contributed by atoms with E-state index in [1.165, 1.54) is 11.9 Å². The Balaban J connectivity index is 1.67. The number of carbonyl (C=O) groups is 1. The van der Waals surface area contributed by atoms with Gasteiger partial charge in [0.2, 0.25) is 0 Å². The van der Waals surface area contributed by atoms with E-state index in [-0.39, 0.29) is 11.6 Å². The molecule has 0 aliphatic carbocycles. The zero-order chi connectivity index (χ0) is 20.8. The molecule has 2 N–H and O–H groups in total. The van der Waals surface area contributed by atoms with Gasteiger partial charge in [-0.15, -0.1) is 0 Å². The van der Waals surface area contributed by atoms with Gasteiger partial charge in [0.05, 0.1) is 14.2 Å². The maximum atomic E-state index is 12.5. The lowest BCUT2D eigenvalue weighted by Gasteiger charge is -2.11. The molecule has 0 atom stereocenters. The highest BCUT2D eigenvalue weighted by atomic mass is 16.5.